The Morgan fingerprint density at radius 1 is 0.769 bits per heavy atom. The van der Waals surface area contributed by atoms with Crippen molar-refractivity contribution in [2.24, 2.45) is 0 Å². The van der Waals surface area contributed by atoms with Crippen LogP contribution >= 0.6 is 0 Å². The molecule has 3 rings (SSSR count). The first kappa shape index (κ1) is 17.5. The van der Waals surface area contributed by atoms with Gasteiger partial charge in [0.05, 0.1) is 0 Å². The molecule has 0 atom stereocenters. The monoisotopic (exact) mass is 345 g/mol. The molecule has 1 N–H and O–H groups in total. The van der Waals surface area contributed by atoms with Gasteiger partial charge in [0.15, 0.2) is 11.6 Å². The third-order valence-electron chi connectivity index (χ3n) is 4.20. The first-order chi connectivity index (χ1) is 12.5. The Bertz CT molecular complexity index is 991. The summed E-state index contributed by atoms with van der Waals surface area (Å²) in [6.07, 6.45) is 0.229. The lowest BCUT2D eigenvalue weighted by Gasteiger charge is -2.07. The maximum Gasteiger partial charge on any atom is 0.224 e. The molecule has 0 bridgehead atoms. The molecule has 26 heavy (non-hydrogen) atoms. The van der Waals surface area contributed by atoms with Crippen molar-refractivity contribution >= 4 is 33.9 Å². The van der Waals surface area contributed by atoms with Crippen LogP contribution in [0.25, 0.3) is 10.8 Å². The van der Waals surface area contributed by atoms with Gasteiger partial charge in [-0.05, 0) is 35.9 Å². The lowest BCUT2D eigenvalue weighted by Crippen LogP contribution is -2.13. The second kappa shape index (κ2) is 7.74. The minimum Gasteiger partial charge on any atom is -0.326 e. The average Bonchev–Trinajstić information content (AvgIpc) is 2.66. The number of ketones is 2. The number of fused-ring (bicyclic) bond motifs is 1. The standard InChI is InChI=1S/C22H19NO3/c1-15(24)17-7-4-8-20(14-17)23-22(26)12-11-21(25)19-10-9-16-5-2-3-6-18(16)13-19/h2-10,13-14H,11-12H2,1H3,(H,23,26). The number of carbonyl (C=O) groups excluding carboxylic acids is 3. The first-order valence-electron chi connectivity index (χ1n) is 8.46. The molecule has 0 aliphatic heterocycles. The fraction of sp³-hybridized carbons (Fsp3) is 0.136. The number of hydrogen-bond acceptors (Lipinski definition) is 3. The lowest BCUT2D eigenvalue weighted by molar-refractivity contribution is -0.116. The Hall–Kier alpha value is -3.27. The average molecular weight is 345 g/mol. The molecular weight excluding hydrogens is 326 g/mol. The molecule has 0 aromatic heterocycles. The zero-order valence-corrected chi connectivity index (χ0v) is 14.5. The van der Waals surface area contributed by atoms with Gasteiger partial charge in [0, 0.05) is 29.7 Å². The Morgan fingerprint density at radius 3 is 2.31 bits per heavy atom. The number of carbonyl (C=O) groups is 3. The van der Waals surface area contributed by atoms with Crippen molar-refractivity contribution in [2.75, 3.05) is 5.32 Å². The quantitative estimate of drug-likeness (QED) is 0.662. The SMILES string of the molecule is CC(=O)c1cccc(NC(=O)CCC(=O)c2ccc3ccccc3c2)c1. The molecule has 1 amide bonds. The van der Waals surface area contributed by atoms with Crippen LogP contribution in [0.1, 0.15) is 40.5 Å². The lowest BCUT2D eigenvalue weighted by atomic mass is 10.0. The predicted molar refractivity (Wildman–Crippen MR) is 103 cm³/mol. The third kappa shape index (κ3) is 4.22. The highest BCUT2D eigenvalue weighted by molar-refractivity contribution is 6.02. The summed E-state index contributed by atoms with van der Waals surface area (Å²) in [5.74, 6) is -0.379. The summed E-state index contributed by atoms with van der Waals surface area (Å²) in [5.41, 5.74) is 1.70. The molecule has 0 saturated carbocycles. The van der Waals surface area contributed by atoms with Crippen molar-refractivity contribution in [1.29, 1.82) is 0 Å². The summed E-state index contributed by atoms with van der Waals surface area (Å²) in [6.45, 7) is 1.48. The number of anilines is 1. The van der Waals surface area contributed by atoms with Gasteiger partial charge < -0.3 is 5.32 Å². The molecule has 4 heteroatoms. The molecule has 0 heterocycles. The second-order valence-corrected chi connectivity index (χ2v) is 6.17. The molecule has 0 fully saturated rings. The number of Topliss-reactive ketones (excluding diaryl/α,β-unsaturated/α-hetero) is 2. The van der Waals surface area contributed by atoms with E-state index in [0.29, 0.717) is 16.8 Å². The van der Waals surface area contributed by atoms with E-state index in [2.05, 4.69) is 5.32 Å². The molecule has 130 valence electrons. The Morgan fingerprint density at radius 2 is 1.54 bits per heavy atom. The van der Waals surface area contributed by atoms with Gasteiger partial charge in [-0.1, -0.05) is 48.5 Å². The number of hydrogen-bond donors (Lipinski definition) is 1. The van der Waals surface area contributed by atoms with Gasteiger partial charge in [-0.2, -0.15) is 0 Å². The van der Waals surface area contributed by atoms with Crippen molar-refractivity contribution in [1.82, 2.24) is 0 Å². The molecule has 0 spiro atoms. The van der Waals surface area contributed by atoms with Crippen molar-refractivity contribution in [3.8, 4) is 0 Å². The van der Waals surface area contributed by atoms with E-state index < -0.39 is 0 Å². The third-order valence-corrected chi connectivity index (χ3v) is 4.20. The highest BCUT2D eigenvalue weighted by atomic mass is 16.2. The minimum atomic E-state index is -0.250. The van der Waals surface area contributed by atoms with E-state index in [4.69, 9.17) is 0 Å². The smallest absolute Gasteiger partial charge is 0.224 e. The molecule has 4 nitrogen and oxygen atoms in total. The topological polar surface area (TPSA) is 63.2 Å². The Kier molecular flexibility index (Phi) is 5.23. The Balaban J connectivity index is 1.60. The maximum atomic E-state index is 12.4. The molecule has 0 aliphatic carbocycles. The molecule has 3 aromatic rings. The summed E-state index contributed by atoms with van der Waals surface area (Å²) in [4.78, 5) is 35.8. The van der Waals surface area contributed by atoms with Crippen molar-refractivity contribution in [3.63, 3.8) is 0 Å². The van der Waals surface area contributed by atoms with Crippen LogP contribution in [-0.2, 0) is 4.79 Å². The van der Waals surface area contributed by atoms with E-state index in [1.54, 1.807) is 30.3 Å². The summed E-state index contributed by atoms with van der Waals surface area (Å²) in [7, 11) is 0. The van der Waals surface area contributed by atoms with Gasteiger partial charge in [-0.25, -0.2) is 0 Å². The molecule has 0 saturated heterocycles. The summed E-state index contributed by atoms with van der Waals surface area (Å²) >= 11 is 0. The fourth-order valence-electron chi connectivity index (χ4n) is 2.77. The van der Waals surface area contributed by atoms with Gasteiger partial charge in [0.25, 0.3) is 0 Å². The zero-order valence-electron chi connectivity index (χ0n) is 14.5. The minimum absolute atomic E-state index is 0.0624. The number of nitrogens with one attached hydrogen (secondary N) is 1. The van der Waals surface area contributed by atoms with Crippen molar-refractivity contribution in [2.45, 2.75) is 19.8 Å². The molecule has 0 aliphatic rings. The number of benzene rings is 3. The maximum absolute atomic E-state index is 12.4. The van der Waals surface area contributed by atoms with E-state index in [1.807, 2.05) is 36.4 Å². The van der Waals surface area contributed by atoms with Crippen molar-refractivity contribution < 1.29 is 14.4 Å². The number of rotatable bonds is 6. The van der Waals surface area contributed by atoms with E-state index in [1.165, 1.54) is 6.92 Å². The highest BCUT2D eigenvalue weighted by Crippen LogP contribution is 2.17. The van der Waals surface area contributed by atoms with Crippen LogP contribution in [-0.4, -0.2) is 17.5 Å². The molecule has 0 radical (unpaired) electrons. The van der Waals surface area contributed by atoms with Crippen LogP contribution in [0, 0.1) is 0 Å². The van der Waals surface area contributed by atoms with Crippen molar-refractivity contribution in [3.05, 3.63) is 77.9 Å². The van der Waals surface area contributed by atoms with Crippen LogP contribution in [0.4, 0.5) is 5.69 Å². The van der Waals surface area contributed by atoms with E-state index in [0.717, 1.165) is 10.8 Å². The molecule has 3 aromatic carbocycles. The fourth-order valence-corrected chi connectivity index (χ4v) is 2.77. The second-order valence-electron chi connectivity index (χ2n) is 6.17. The van der Waals surface area contributed by atoms with Crippen LogP contribution < -0.4 is 5.32 Å². The molecule has 0 unspecified atom stereocenters. The van der Waals surface area contributed by atoms with Gasteiger partial charge in [-0.3, -0.25) is 14.4 Å². The van der Waals surface area contributed by atoms with Crippen LogP contribution in [0.5, 0.6) is 0 Å². The van der Waals surface area contributed by atoms with E-state index in [9.17, 15) is 14.4 Å². The Labute approximate surface area is 151 Å². The van der Waals surface area contributed by atoms with Gasteiger partial charge in [0.2, 0.25) is 5.91 Å². The summed E-state index contributed by atoms with van der Waals surface area (Å²) in [6, 6.07) is 20.1. The first-order valence-corrected chi connectivity index (χ1v) is 8.46. The normalized spacial score (nSPS) is 10.5. The number of amides is 1. The molecular formula is C22H19NO3. The largest absolute Gasteiger partial charge is 0.326 e. The van der Waals surface area contributed by atoms with Gasteiger partial charge in [-0.15, -0.1) is 0 Å². The highest BCUT2D eigenvalue weighted by Gasteiger charge is 2.11. The van der Waals surface area contributed by atoms with Crippen LogP contribution in [0.2, 0.25) is 0 Å². The van der Waals surface area contributed by atoms with Crippen LogP contribution in [0.3, 0.4) is 0 Å². The summed E-state index contributed by atoms with van der Waals surface area (Å²) in [5, 5.41) is 4.81. The van der Waals surface area contributed by atoms with Gasteiger partial charge >= 0.3 is 0 Å². The van der Waals surface area contributed by atoms with Gasteiger partial charge in [0.1, 0.15) is 0 Å². The van der Waals surface area contributed by atoms with Crippen LogP contribution in [0.15, 0.2) is 66.7 Å². The van der Waals surface area contributed by atoms with E-state index >= 15 is 0 Å². The van der Waals surface area contributed by atoms with E-state index in [-0.39, 0.29) is 30.3 Å². The predicted octanol–water partition coefficient (Wildman–Crippen LogP) is 4.64. The summed E-state index contributed by atoms with van der Waals surface area (Å²) < 4.78 is 0. The zero-order chi connectivity index (χ0) is 18.5.